The standard InChI is InChI=1S/C30H33N5O5S2/c1-18-16-34(25(36)15-32-42(39,40)21-10-7-8-19(12-21)14-31)22-17-35(26(18)22)29(38)27(30(2,3)4)33-28(37)24-13-20-9-5-6-11-23(20)41-24/h5-13,18,22,26-27,32H,15-17H2,1-4H3,(H,33,37)/t18?,22-,26?,27?/m1/s1. The van der Waals surface area contributed by atoms with Gasteiger partial charge in [-0.2, -0.15) is 5.26 Å². The lowest BCUT2D eigenvalue weighted by Crippen LogP contribution is -2.69. The first-order chi connectivity index (χ1) is 19.8. The van der Waals surface area contributed by atoms with E-state index in [-0.39, 0.29) is 46.2 Å². The van der Waals surface area contributed by atoms with Gasteiger partial charge in [-0.25, -0.2) is 13.1 Å². The Bertz CT molecular complexity index is 1670. The molecule has 2 N–H and O–H groups in total. The predicted octanol–water partition coefficient (Wildman–Crippen LogP) is 2.95. The van der Waals surface area contributed by atoms with Crippen molar-refractivity contribution in [3.63, 3.8) is 0 Å². The molecule has 0 spiro atoms. The number of hydrogen-bond acceptors (Lipinski definition) is 7. The van der Waals surface area contributed by atoms with E-state index >= 15 is 0 Å². The number of amides is 3. The topological polar surface area (TPSA) is 140 Å². The summed E-state index contributed by atoms with van der Waals surface area (Å²) in [5.74, 6) is -0.908. The van der Waals surface area contributed by atoms with E-state index in [1.165, 1.54) is 35.6 Å². The van der Waals surface area contributed by atoms with Crippen LogP contribution in [0.25, 0.3) is 10.1 Å². The van der Waals surface area contributed by atoms with Gasteiger partial charge in [-0.05, 0) is 47.1 Å². The molecule has 2 aliphatic heterocycles. The van der Waals surface area contributed by atoms with Crippen LogP contribution >= 0.6 is 11.3 Å². The molecule has 4 atom stereocenters. The van der Waals surface area contributed by atoms with E-state index in [1.54, 1.807) is 9.80 Å². The second kappa shape index (κ2) is 11.1. The van der Waals surface area contributed by atoms with Gasteiger partial charge < -0.3 is 15.1 Å². The number of benzene rings is 2. The molecule has 3 unspecified atom stereocenters. The van der Waals surface area contributed by atoms with E-state index in [2.05, 4.69) is 10.0 Å². The quantitative estimate of drug-likeness (QED) is 0.423. The van der Waals surface area contributed by atoms with Crippen molar-refractivity contribution >= 4 is 49.2 Å². The molecule has 10 nitrogen and oxygen atoms in total. The Kier molecular flexibility index (Phi) is 7.87. The van der Waals surface area contributed by atoms with E-state index in [4.69, 9.17) is 5.26 Å². The van der Waals surface area contributed by atoms with Gasteiger partial charge in [-0.1, -0.05) is 52.0 Å². The number of rotatable bonds is 7. The first kappa shape index (κ1) is 29.7. The number of nitrogens with one attached hydrogen (secondary N) is 2. The number of carbonyl (C=O) groups excluding carboxylic acids is 3. The Labute approximate surface area is 249 Å². The van der Waals surface area contributed by atoms with Gasteiger partial charge in [-0.3, -0.25) is 14.4 Å². The van der Waals surface area contributed by atoms with E-state index in [0.717, 1.165) is 10.1 Å². The summed E-state index contributed by atoms with van der Waals surface area (Å²) in [6, 6.07) is 15.8. The number of sulfonamides is 1. The minimum absolute atomic E-state index is 0.0283. The van der Waals surface area contributed by atoms with Crippen molar-refractivity contribution in [2.24, 2.45) is 11.3 Å². The van der Waals surface area contributed by atoms with Crippen LogP contribution in [-0.2, 0) is 19.6 Å². The zero-order chi connectivity index (χ0) is 30.4. The Morgan fingerprint density at radius 3 is 2.50 bits per heavy atom. The Hall–Kier alpha value is -3.79. The lowest BCUT2D eigenvalue weighted by atomic mass is 9.82. The minimum Gasteiger partial charge on any atom is -0.339 e. The summed E-state index contributed by atoms with van der Waals surface area (Å²) in [6.07, 6.45) is 0. The van der Waals surface area contributed by atoms with Crippen LogP contribution < -0.4 is 10.0 Å². The van der Waals surface area contributed by atoms with Gasteiger partial charge in [0.1, 0.15) is 6.04 Å². The fourth-order valence-corrected chi connectivity index (χ4v) is 7.72. The van der Waals surface area contributed by atoms with Crippen molar-refractivity contribution in [1.82, 2.24) is 19.8 Å². The van der Waals surface area contributed by atoms with Crippen molar-refractivity contribution in [1.29, 1.82) is 5.26 Å². The molecular weight excluding hydrogens is 574 g/mol. The zero-order valence-electron chi connectivity index (χ0n) is 23.8. The molecule has 0 saturated carbocycles. The van der Waals surface area contributed by atoms with Crippen LogP contribution in [0.1, 0.15) is 42.9 Å². The average Bonchev–Trinajstić information content (AvgIpc) is 3.47. The second-order valence-electron chi connectivity index (χ2n) is 12.0. The van der Waals surface area contributed by atoms with Crippen molar-refractivity contribution in [2.45, 2.75) is 50.7 Å². The summed E-state index contributed by atoms with van der Waals surface area (Å²) >= 11 is 1.38. The highest BCUT2D eigenvalue weighted by atomic mass is 32.2. The van der Waals surface area contributed by atoms with E-state index in [9.17, 15) is 22.8 Å². The normalized spacial score (nSPS) is 20.9. The van der Waals surface area contributed by atoms with Crippen LogP contribution in [0.4, 0.5) is 0 Å². The van der Waals surface area contributed by atoms with Crippen molar-refractivity contribution in [3.8, 4) is 6.07 Å². The Balaban J connectivity index is 1.24. The predicted molar refractivity (Wildman–Crippen MR) is 159 cm³/mol. The molecule has 1 aromatic heterocycles. The molecule has 0 aliphatic carbocycles. The molecule has 2 aromatic carbocycles. The molecule has 0 radical (unpaired) electrons. The monoisotopic (exact) mass is 607 g/mol. The maximum Gasteiger partial charge on any atom is 0.262 e. The van der Waals surface area contributed by atoms with Crippen LogP contribution in [0, 0.1) is 22.7 Å². The maximum absolute atomic E-state index is 13.8. The number of nitrogens with zero attached hydrogens (tertiary/aromatic N) is 3. The molecule has 3 heterocycles. The van der Waals surface area contributed by atoms with Crippen molar-refractivity contribution < 1.29 is 22.8 Å². The van der Waals surface area contributed by atoms with Crippen LogP contribution in [-0.4, -0.2) is 73.7 Å². The van der Waals surface area contributed by atoms with Gasteiger partial charge in [-0.15, -0.1) is 11.3 Å². The number of hydrogen-bond donors (Lipinski definition) is 2. The molecule has 2 saturated heterocycles. The number of carbonyl (C=O) groups is 3. The van der Waals surface area contributed by atoms with Gasteiger partial charge in [0.05, 0.1) is 40.0 Å². The molecule has 220 valence electrons. The maximum atomic E-state index is 13.8. The Morgan fingerprint density at radius 1 is 1.07 bits per heavy atom. The summed E-state index contributed by atoms with van der Waals surface area (Å²) in [5, 5.41) is 13.0. The minimum atomic E-state index is -3.99. The molecule has 3 amide bonds. The lowest BCUT2D eigenvalue weighted by Gasteiger charge is -2.50. The summed E-state index contributed by atoms with van der Waals surface area (Å²) in [5.41, 5.74) is -0.360. The van der Waals surface area contributed by atoms with E-state index in [1.807, 2.05) is 64.1 Å². The summed E-state index contributed by atoms with van der Waals surface area (Å²) in [4.78, 5) is 44.0. The molecule has 12 heteroatoms. The summed E-state index contributed by atoms with van der Waals surface area (Å²) in [7, 11) is -3.99. The molecule has 2 aliphatic rings. The smallest absolute Gasteiger partial charge is 0.262 e. The number of likely N-dealkylation sites (tertiary alicyclic amines) is 2. The molecule has 3 aromatic rings. The SMILES string of the molecule is CC1CN(C(=O)CNS(=O)(=O)c2cccc(C#N)c2)[C@@H]2CN(C(=O)C(NC(=O)c3cc4ccccc4s3)C(C)(C)C)C12. The number of thiophene rings is 1. The first-order valence-electron chi connectivity index (χ1n) is 13.7. The van der Waals surface area contributed by atoms with Crippen LogP contribution in [0.3, 0.4) is 0 Å². The second-order valence-corrected chi connectivity index (χ2v) is 14.8. The molecule has 0 bridgehead atoms. The van der Waals surface area contributed by atoms with Gasteiger partial charge in [0.15, 0.2) is 0 Å². The van der Waals surface area contributed by atoms with E-state index < -0.39 is 28.0 Å². The number of nitriles is 1. The van der Waals surface area contributed by atoms with Crippen LogP contribution in [0.2, 0.25) is 0 Å². The van der Waals surface area contributed by atoms with Gasteiger partial charge in [0, 0.05) is 17.8 Å². The molecule has 5 rings (SSSR count). The zero-order valence-corrected chi connectivity index (χ0v) is 25.5. The summed E-state index contributed by atoms with van der Waals surface area (Å²) in [6.45, 7) is 7.95. The molecular formula is C30H33N5O5S2. The highest BCUT2D eigenvalue weighted by molar-refractivity contribution is 7.89. The fraction of sp³-hybridized carbons (Fsp3) is 0.400. The van der Waals surface area contributed by atoms with Gasteiger partial charge in [0.25, 0.3) is 5.91 Å². The Morgan fingerprint density at radius 2 is 1.81 bits per heavy atom. The number of fused-ring (bicyclic) bond motifs is 2. The largest absolute Gasteiger partial charge is 0.339 e. The van der Waals surface area contributed by atoms with Crippen molar-refractivity contribution in [3.05, 3.63) is 65.0 Å². The van der Waals surface area contributed by atoms with E-state index in [0.29, 0.717) is 18.0 Å². The average molecular weight is 608 g/mol. The van der Waals surface area contributed by atoms with Crippen molar-refractivity contribution in [2.75, 3.05) is 19.6 Å². The van der Waals surface area contributed by atoms with Crippen LogP contribution in [0.5, 0.6) is 0 Å². The highest BCUT2D eigenvalue weighted by Gasteiger charge is 2.55. The first-order valence-corrected chi connectivity index (χ1v) is 16.0. The highest BCUT2D eigenvalue weighted by Crippen LogP contribution is 2.38. The molecule has 2 fully saturated rings. The van der Waals surface area contributed by atoms with Gasteiger partial charge >= 0.3 is 0 Å². The third kappa shape index (κ3) is 5.64. The fourth-order valence-electron chi connectivity index (χ4n) is 5.73. The molecule has 42 heavy (non-hydrogen) atoms. The summed E-state index contributed by atoms with van der Waals surface area (Å²) < 4.78 is 28.8. The third-order valence-corrected chi connectivity index (χ3v) is 10.4. The third-order valence-electron chi connectivity index (χ3n) is 7.93. The van der Waals surface area contributed by atoms with Crippen LogP contribution in [0.15, 0.2) is 59.5 Å². The van der Waals surface area contributed by atoms with Gasteiger partial charge in [0.2, 0.25) is 21.8 Å². The lowest BCUT2D eigenvalue weighted by molar-refractivity contribution is -0.151.